The molecule has 3 rings (SSSR count). The minimum atomic E-state index is -0.679. The minimum absolute atomic E-state index is 0.223. The van der Waals surface area contributed by atoms with Crippen LogP contribution in [0.1, 0.15) is 13.8 Å². The second-order valence-electron chi connectivity index (χ2n) is 6.91. The van der Waals surface area contributed by atoms with Gasteiger partial charge in [0.1, 0.15) is 0 Å². The minimum Gasteiger partial charge on any atom is -0.390 e. The number of hydrogen-bond donors (Lipinski definition) is 0. The highest BCUT2D eigenvalue weighted by Gasteiger charge is 2.55. The van der Waals surface area contributed by atoms with Crippen LogP contribution in [0.3, 0.4) is 0 Å². The second kappa shape index (κ2) is 6.46. The van der Waals surface area contributed by atoms with Gasteiger partial charge < -0.3 is 9.71 Å². The van der Waals surface area contributed by atoms with Gasteiger partial charge in [-0.25, -0.2) is 0 Å². The summed E-state index contributed by atoms with van der Waals surface area (Å²) < 4.78 is 0. The molecule has 0 amide bonds. The molecule has 0 aliphatic carbocycles. The Kier molecular flexibility index (Phi) is 4.83. The molecular weight excluding hydrogens is 281 g/mol. The standard InChI is InChI=1S/C13H15B9N2/c1-8-12(13(20(14)15)21(16)22(17)18)19(8)24-9(2)23(3)10-6-4-5-7-11(10)24/h4-9H,1-3H3/b13-12-/t8-,9+/m1/s1. The highest BCUT2D eigenvalue weighted by atomic mass is 15.4. The Bertz CT molecular complexity index is 665. The summed E-state index contributed by atoms with van der Waals surface area (Å²) in [5, 5.41) is 0.793. The van der Waals surface area contributed by atoms with Crippen molar-refractivity contribution >= 4 is 76.3 Å². The molecule has 0 aromatic heterocycles. The van der Waals surface area contributed by atoms with E-state index in [0.29, 0.717) is 5.82 Å². The largest absolute Gasteiger partial charge is 0.390 e. The molecule has 2 aliphatic heterocycles. The lowest BCUT2D eigenvalue weighted by atomic mass is 8.81. The van der Waals surface area contributed by atoms with Crippen LogP contribution in [-0.2, 0) is 0 Å². The molecule has 1 saturated heterocycles. The molecule has 2 heterocycles. The van der Waals surface area contributed by atoms with Crippen molar-refractivity contribution in [3.63, 3.8) is 0 Å². The molecule has 2 aliphatic rings. The summed E-state index contributed by atoms with van der Waals surface area (Å²) in [6.07, 6.45) is -0.438. The first-order chi connectivity index (χ1) is 11.3. The van der Waals surface area contributed by atoms with E-state index in [1.165, 1.54) is 16.8 Å². The van der Waals surface area contributed by atoms with Crippen molar-refractivity contribution in [3.05, 3.63) is 35.1 Å². The van der Waals surface area contributed by atoms with Gasteiger partial charge in [0.2, 0.25) is 0 Å². The third kappa shape index (κ3) is 2.72. The first-order valence-corrected chi connectivity index (χ1v) is 8.39. The molecule has 2 atom stereocenters. The lowest BCUT2D eigenvalue weighted by Gasteiger charge is -2.28. The fraction of sp³-hybridized carbons (Fsp3) is 0.385. The van der Waals surface area contributed by atoms with Crippen molar-refractivity contribution in [2.45, 2.75) is 25.8 Å². The topological polar surface area (TPSA) is 6.48 Å². The van der Waals surface area contributed by atoms with Crippen LogP contribution >= 0.6 is 0 Å². The molecule has 0 bridgehead atoms. The van der Waals surface area contributed by atoms with Gasteiger partial charge in [0.15, 0.2) is 0 Å². The summed E-state index contributed by atoms with van der Waals surface area (Å²) in [6.45, 7) is 3.41. The molecule has 1 aromatic rings. The number of nitrogens with zero attached hydrogens (tertiary/aromatic N) is 2. The summed E-state index contributed by atoms with van der Waals surface area (Å²) in [5.74, 6) is 0.321. The molecule has 10 radical (unpaired) electrons. The quantitative estimate of drug-likeness (QED) is 0.691. The number of fused-ring (bicyclic) bond motifs is 1. The summed E-state index contributed by atoms with van der Waals surface area (Å²) in [6, 6.07) is 8.41. The molecule has 0 unspecified atom stereocenters. The summed E-state index contributed by atoms with van der Waals surface area (Å²) in [7, 11) is 31.9. The number of allylic oxidation sites excluding steroid dienone is 1. The van der Waals surface area contributed by atoms with Gasteiger partial charge in [0.05, 0.1) is 30.5 Å². The van der Waals surface area contributed by atoms with Crippen molar-refractivity contribution in [1.82, 2.24) is 0 Å². The first-order valence-electron chi connectivity index (χ1n) is 8.39. The van der Waals surface area contributed by atoms with Crippen LogP contribution in [0.25, 0.3) is 0 Å². The average Bonchev–Trinajstić information content (AvgIpc) is 3.09. The molecule has 11 heteroatoms. The van der Waals surface area contributed by atoms with Crippen molar-refractivity contribution < 1.29 is 0 Å². The molecule has 1 aromatic carbocycles. The Morgan fingerprint density at radius 2 is 1.62 bits per heavy atom. The van der Waals surface area contributed by atoms with Crippen molar-refractivity contribution in [2.75, 3.05) is 16.8 Å². The predicted octanol–water partition coefficient (Wildman–Crippen LogP) is -0.513. The Morgan fingerprint density at radius 3 is 2.17 bits per heavy atom. The Balaban J connectivity index is 2.01. The van der Waals surface area contributed by atoms with Crippen LogP contribution in [0.2, 0.25) is 5.82 Å². The smallest absolute Gasteiger partial charge is 0.290 e. The molecule has 24 heavy (non-hydrogen) atoms. The van der Waals surface area contributed by atoms with E-state index in [-0.39, 0.29) is 13.0 Å². The summed E-state index contributed by atoms with van der Waals surface area (Å²) in [5.41, 5.74) is 3.62. The lowest BCUT2D eigenvalue weighted by Crippen LogP contribution is -2.47. The van der Waals surface area contributed by atoms with E-state index in [1.807, 2.05) is 0 Å². The van der Waals surface area contributed by atoms with Crippen molar-refractivity contribution in [2.24, 2.45) is 0 Å². The SMILES string of the molecule is [B]B([B])B([B])/C(B([B])[B])=C1\B(N2c3ccccc3N(C)[C@@H]2C)[C@@H]1C. The fourth-order valence-corrected chi connectivity index (χ4v) is 3.97. The molecule has 0 N–H and O–H groups in total. The molecule has 1 fully saturated rings. The zero-order valence-corrected chi connectivity index (χ0v) is 14.6. The maximum atomic E-state index is 6.19. The van der Waals surface area contributed by atoms with E-state index in [2.05, 4.69) is 54.9 Å². The highest BCUT2D eigenvalue weighted by Crippen LogP contribution is 2.52. The van der Waals surface area contributed by atoms with Gasteiger partial charge in [-0.3, -0.25) is 0 Å². The Hall–Kier alpha value is -0.856. The number of anilines is 2. The fourth-order valence-electron chi connectivity index (χ4n) is 3.97. The van der Waals surface area contributed by atoms with Gasteiger partial charge in [-0.15, -0.1) is 5.47 Å². The van der Waals surface area contributed by atoms with Crippen LogP contribution in [0.15, 0.2) is 35.1 Å². The average molecular weight is 297 g/mol. The van der Waals surface area contributed by atoms with Crippen LogP contribution in [0, 0.1) is 0 Å². The number of para-hydroxylation sites is 2. The number of hydrogen-bond acceptors (Lipinski definition) is 2. The van der Waals surface area contributed by atoms with Crippen LogP contribution in [0.5, 0.6) is 0 Å². The summed E-state index contributed by atoms with van der Waals surface area (Å²) >= 11 is 0. The van der Waals surface area contributed by atoms with E-state index in [9.17, 15) is 0 Å². The highest BCUT2D eigenvalue weighted by molar-refractivity contribution is 7.70. The predicted molar refractivity (Wildman–Crippen MR) is 115 cm³/mol. The maximum absolute atomic E-state index is 6.19. The third-order valence-corrected chi connectivity index (χ3v) is 5.44. The first kappa shape index (κ1) is 18.0. The number of benzene rings is 1. The lowest BCUT2D eigenvalue weighted by molar-refractivity contribution is 0.755. The van der Waals surface area contributed by atoms with Crippen LogP contribution < -0.4 is 9.71 Å². The molecule has 104 valence electrons. The van der Waals surface area contributed by atoms with Crippen LogP contribution in [0.4, 0.5) is 11.4 Å². The van der Waals surface area contributed by atoms with Gasteiger partial charge in [0, 0.05) is 52.1 Å². The molecule has 0 saturated carbocycles. The Labute approximate surface area is 154 Å². The molecule has 2 nitrogen and oxygen atoms in total. The normalized spacial score (nSPS) is 23.9. The van der Waals surface area contributed by atoms with E-state index < -0.39 is 19.4 Å². The maximum Gasteiger partial charge on any atom is 0.290 e. The van der Waals surface area contributed by atoms with Gasteiger partial charge in [-0.05, 0) is 24.9 Å². The van der Waals surface area contributed by atoms with Gasteiger partial charge in [-0.1, -0.05) is 19.1 Å². The van der Waals surface area contributed by atoms with Crippen molar-refractivity contribution in [1.29, 1.82) is 0 Å². The number of rotatable bonds is 4. The van der Waals surface area contributed by atoms with E-state index in [4.69, 9.17) is 38.7 Å². The zero-order valence-electron chi connectivity index (χ0n) is 14.6. The second-order valence-corrected chi connectivity index (χ2v) is 6.91. The van der Waals surface area contributed by atoms with Crippen LogP contribution in [-0.4, -0.2) is 78.1 Å². The summed E-state index contributed by atoms with van der Waals surface area (Å²) in [4.78, 5) is 4.68. The monoisotopic (exact) mass is 298 g/mol. The van der Waals surface area contributed by atoms with E-state index >= 15 is 0 Å². The van der Waals surface area contributed by atoms with Crippen molar-refractivity contribution in [3.8, 4) is 0 Å². The third-order valence-electron chi connectivity index (χ3n) is 5.44. The zero-order chi connectivity index (χ0) is 17.8. The van der Waals surface area contributed by atoms with Gasteiger partial charge in [0.25, 0.3) is 6.85 Å². The van der Waals surface area contributed by atoms with Gasteiger partial charge in [-0.2, -0.15) is 5.37 Å². The molecular formula is C13H15B9N2. The Morgan fingerprint density at radius 1 is 1.04 bits per heavy atom. The van der Waals surface area contributed by atoms with E-state index in [0.717, 1.165) is 5.37 Å². The molecule has 0 spiro atoms. The van der Waals surface area contributed by atoms with E-state index in [1.54, 1.807) is 0 Å². The van der Waals surface area contributed by atoms with Gasteiger partial charge >= 0.3 is 0 Å².